The van der Waals surface area contributed by atoms with Crippen molar-refractivity contribution in [1.29, 1.82) is 0 Å². The molecule has 0 saturated heterocycles. The van der Waals surface area contributed by atoms with Crippen LogP contribution in [0.5, 0.6) is 0 Å². The maximum absolute atomic E-state index is 12.1. The molecule has 0 unspecified atom stereocenters. The zero-order valence-corrected chi connectivity index (χ0v) is 31.1. The largest absolute Gasteiger partial charge is 0.481 e. The molecule has 0 aromatic carbocycles. The molecular formula is C34H66O4Si2. The highest BCUT2D eigenvalue weighted by Gasteiger charge is 2.43. The summed E-state index contributed by atoms with van der Waals surface area (Å²) in [5.41, 5.74) is 1.28. The first kappa shape index (κ1) is 39.0. The van der Waals surface area contributed by atoms with Crippen LogP contribution in [0, 0.1) is 29.6 Å². The topological polar surface area (TPSA) is 55.8 Å². The van der Waals surface area contributed by atoms with Crippen LogP contribution in [0.25, 0.3) is 0 Å². The minimum atomic E-state index is -2.15. The van der Waals surface area contributed by atoms with Gasteiger partial charge in [0.15, 0.2) is 16.6 Å². The number of hydrogen-bond acceptors (Lipinski definition) is 3. The molecule has 0 amide bonds. The monoisotopic (exact) mass is 594 g/mol. The highest BCUT2D eigenvalue weighted by Crippen LogP contribution is 2.42. The van der Waals surface area contributed by atoms with Crippen molar-refractivity contribution in [3.05, 3.63) is 36.5 Å². The zero-order valence-electron chi connectivity index (χ0n) is 29.1. The third-order valence-corrected chi connectivity index (χ3v) is 18.5. The second-order valence-corrected chi connectivity index (χ2v) is 25.2. The van der Waals surface area contributed by atoms with Crippen LogP contribution < -0.4 is 0 Å². The maximum Gasteiger partial charge on any atom is 0.308 e. The molecule has 0 radical (unpaired) electrons. The van der Waals surface area contributed by atoms with Gasteiger partial charge in [0.2, 0.25) is 0 Å². The van der Waals surface area contributed by atoms with E-state index < -0.39 is 28.5 Å². The van der Waals surface area contributed by atoms with E-state index >= 15 is 0 Å². The third-order valence-electron chi connectivity index (χ3n) is 9.51. The van der Waals surface area contributed by atoms with Crippen LogP contribution in [-0.2, 0) is 13.6 Å². The fourth-order valence-corrected chi connectivity index (χ4v) is 7.89. The molecule has 0 saturated carbocycles. The molecule has 0 aromatic heterocycles. The van der Waals surface area contributed by atoms with E-state index in [-0.39, 0.29) is 28.2 Å². The normalized spacial score (nSPS) is 19.6. The Bertz CT molecular complexity index is 860. The highest BCUT2D eigenvalue weighted by molar-refractivity contribution is 6.74. The van der Waals surface area contributed by atoms with Crippen molar-refractivity contribution in [1.82, 2.24) is 0 Å². The standard InChI is InChI=1S/C34H66O4Si2/c1-18-19-20-24(2)21-26(4)30(37-39(14,15)33(8,9)10)27(5)22-25(3)23-28(6)31(29(7)32(35)36)38-40(16,17)34(11,12)13/h18-20,23-24,26-31H,1,21-22H2,2-17H3,(H,35,36)/b20-19-,25-23-/t24-,26-,27+,28+,29-,30-,31-/m1/s1. The Labute approximate surface area is 251 Å². The van der Waals surface area contributed by atoms with E-state index in [9.17, 15) is 9.90 Å². The first-order valence-corrected chi connectivity index (χ1v) is 21.2. The number of carboxylic acids is 1. The van der Waals surface area contributed by atoms with Crippen molar-refractivity contribution < 1.29 is 18.8 Å². The summed E-state index contributed by atoms with van der Waals surface area (Å²) in [6.45, 7) is 39.5. The van der Waals surface area contributed by atoms with Crippen molar-refractivity contribution in [3.63, 3.8) is 0 Å². The second-order valence-electron chi connectivity index (χ2n) is 15.7. The number of carboxylic acid groups (broad SMARTS) is 1. The number of aliphatic carboxylic acids is 1. The molecule has 0 heterocycles. The van der Waals surface area contributed by atoms with Crippen molar-refractivity contribution in [3.8, 4) is 0 Å². The van der Waals surface area contributed by atoms with Crippen molar-refractivity contribution >= 4 is 22.6 Å². The molecule has 40 heavy (non-hydrogen) atoms. The molecule has 0 rings (SSSR count). The first-order valence-electron chi connectivity index (χ1n) is 15.4. The van der Waals surface area contributed by atoms with Crippen LogP contribution in [0.15, 0.2) is 36.5 Å². The van der Waals surface area contributed by atoms with Gasteiger partial charge in [-0.1, -0.05) is 106 Å². The van der Waals surface area contributed by atoms with Gasteiger partial charge in [0.25, 0.3) is 0 Å². The third kappa shape index (κ3) is 12.1. The van der Waals surface area contributed by atoms with Crippen molar-refractivity contribution in [2.45, 2.75) is 144 Å². The van der Waals surface area contributed by atoms with Gasteiger partial charge in [0, 0.05) is 5.92 Å². The first-order chi connectivity index (χ1) is 17.9. The minimum Gasteiger partial charge on any atom is -0.481 e. The Hall–Kier alpha value is -0.956. The molecule has 4 nitrogen and oxygen atoms in total. The molecule has 0 bridgehead atoms. The minimum absolute atomic E-state index is 0.00586. The lowest BCUT2D eigenvalue weighted by Crippen LogP contribution is -2.48. The van der Waals surface area contributed by atoms with Crippen molar-refractivity contribution in [2.75, 3.05) is 0 Å². The number of carbonyl (C=O) groups is 1. The quantitative estimate of drug-likeness (QED) is 0.110. The Kier molecular flexibility index (Phi) is 15.1. The molecule has 0 fully saturated rings. The lowest BCUT2D eigenvalue weighted by Gasteiger charge is -2.43. The second kappa shape index (κ2) is 15.5. The summed E-state index contributed by atoms with van der Waals surface area (Å²) in [4.78, 5) is 12.1. The molecule has 0 aromatic rings. The fourth-order valence-electron chi connectivity index (χ4n) is 4.94. The SMILES string of the molecule is C=C/C=C\[C@@H](C)C[C@@H](C)[C@@H](O[Si](C)(C)C(C)(C)C)[C@@H](C)C/C(C)=C\[C@H](C)[C@@H](O[Si](C)(C)C(C)(C)C)[C@@H](C)C(=O)O. The van der Waals surface area contributed by atoms with Crippen molar-refractivity contribution in [2.24, 2.45) is 29.6 Å². The summed E-state index contributed by atoms with van der Waals surface area (Å²) in [5.74, 6) is -0.196. The van der Waals surface area contributed by atoms with E-state index in [1.165, 1.54) is 5.57 Å². The summed E-state index contributed by atoms with van der Waals surface area (Å²) in [6, 6.07) is 0. The predicted octanol–water partition coefficient (Wildman–Crippen LogP) is 10.5. The molecule has 0 aliphatic carbocycles. The fraction of sp³-hybridized carbons (Fsp3) is 0.794. The number of rotatable bonds is 16. The zero-order chi connectivity index (χ0) is 31.9. The summed E-state index contributed by atoms with van der Waals surface area (Å²) in [6.07, 6.45) is 10.1. The molecule has 1 N–H and O–H groups in total. The predicted molar refractivity (Wildman–Crippen MR) is 180 cm³/mol. The van der Waals surface area contributed by atoms with Gasteiger partial charge >= 0.3 is 5.97 Å². The average Bonchev–Trinajstić information content (AvgIpc) is 2.77. The lowest BCUT2D eigenvalue weighted by molar-refractivity contribution is -0.145. The van der Waals surface area contributed by atoms with Crippen LogP contribution in [0.3, 0.4) is 0 Å². The summed E-state index contributed by atoms with van der Waals surface area (Å²) < 4.78 is 13.9. The van der Waals surface area contributed by atoms with E-state index in [1.54, 1.807) is 6.92 Å². The van der Waals surface area contributed by atoms with Crippen LogP contribution in [0.1, 0.15) is 95.9 Å². The molecular weight excluding hydrogens is 529 g/mol. The average molecular weight is 595 g/mol. The molecule has 0 aliphatic rings. The van der Waals surface area contributed by atoms with Crippen LogP contribution in [-0.4, -0.2) is 39.9 Å². The molecule has 234 valence electrons. The van der Waals surface area contributed by atoms with Gasteiger partial charge in [-0.3, -0.25) is 4.79 Å². The Morgan fingerprint density at radius 1 is 0.850 bits per heavy atom. The van der Waals surface area contributed by atoms with Gasteiger partial charge in [0.05, 0.1) is 18.1 Å². The Balaban J connectivity index is 6.12. The van der Waals surface area contributed by atoms with E-state index in [0.717, 1.165) is 12.8 Å². The van der Waals surface area contributed by atoms with Gasteiger partial charge in [-0.15, -0.1) is 0 Å². The van der Waals surface area contributed by atoms with Crippen LogP contribution >= 0.6 is 0 Å². The maximum atomic E-state index is 12.1. The van der Waals surface area contributed by atoms with Gasteiger partial charge < -0.3 is 14.0 Å². The van der Waals surface area contributed by atoms with E-state index in [0.29, 0.717) is 17.8 Å². The van der Waals surface area contributed by atoms with Gasteiger partial charge in [0.1, 0.15) is 0 Å². The van der Waals surface area contributed by atoms with Gasteiger partial charge in [-0.05, 0) is 80.7 Å². The molecule has 7 atom stereocenters. The molecule has 6 heteroatoms. The van der Waals surface area contributed by atoms with Gasteiger partial charge in [-0.2, -0.15) is 0 Å². The van der Waals surface area contributed by atoms with Gasteiger partial charge in [-0.25, -0.2) is 0 Å². The van der Waals surface area contributed by atoms with E-state index in [1.807, 2.05) is 12.2 Å². The smallest absolute Gasteiger partial charge is 0.308 e. The highest BCUT2D eigenvalue weighted by atomic mass is 28.4. The van der Waals surface area contributed by atoms with E-state index in [4.69, 9.17) is 8.85 Å². The molecule has 0 spiro atoms. The Morgan fingerprint density at radius 3 is 1.70 bits per heavy atom. The number of allylic oxidation sites excluding steroid dienone is 4. The number of hydrogen-bond donors (Lipinski definition) is 1. The Morgan fingerprint density at radius 2 is 1.30 bits per heavy atom. The summed E-state index contributed by atoms with van der Waals surface area (Å²) >= 11 is 0. The van der Waals surface area contributed by atoms with Crippen LogP contribution in [0.4, 0.5) is 0 Å². The lowest BCUT2D eigenvalue weighted by atomic mass is 9.83. The van der Waals surface area contributed by atoms with E-state index in [2.05, 4.69) is 121 Å². The summed E-state index contributed by atoms with van der Waals surface area (Å²) in [5, 5.41) is 10.1. The molecule has 0 aliphatic heterocycles. The summed E-state index contributed by atoms with van der Waals surface area (Å²) in [7, 11) is -4.12. The van der Waals surface area contributed by atoms with Crippen LogP contribution in [0.2, 0.25) is 36.3 Å².